The van der Waals surface area contributed by atoms with Gasteiger partial charge in [-0.3, -0.25) is 4.79 Å². The lowest BCUT2D eigenvalue weighted by molar-refractivity contribution is -0.184. The minimum Gasteiger partial charge on any atom is -0.484 e. The van der Waals surface area contributed by atoms with Crippen LogP contribution in [0.2, 0.25) is 0 Å². The molecule has 1 amide bonds. The summed E-state index contributed by atoms with van der Waals surface area (Å²) in [7, 11) is 0. The van der Waals surface area contributed by atoms with Crippen molar-refractivity contribution in [3.05, 3.63) is 42.5 Å². The summed E-state index contributed by atoms with van der Waals surface area (Å²) in [6.45, 7) is -0.203. The zero-order chi connectivity index (χ0) is 17.9. The number of amides is 1. The predicted octanol–water partition coefficient (Wildman–Crippen LogP) is 4.46. The van der Waals surface area contributed by atoms with Crippen molar-refractivity contribution < 1.29 is 22.7 Å². The van der Waals surface area contributed by atoms with Crippen LogP contribution in [0.3, 0.4) is 0 Å². The van der Waals surface area contributed by atoms with Gasteiger partial charge < -0.3 is 10.1 Å². The highest BCUT2D eigenvalue weighted by atomic mass is 19.4. The van der Waals surface area contributed by atoms with Crippen molar-refractivity contribution in [2.45, 2.75) is 37.9 Å². The predicted molar refractivity (Wildman–Crippen MR) is 89.4 cm³/mol. The summed E-state index contributed by atoms with van der Waals surface area (Å²) in [6, 6.07) is 12.9. The molecule has 2 aromatic rings. The Kier molecular flexibility index (Phi) is 5.16. The van der Waals surface area contributed by atoms with Crippen molar-refractivity contribution in [3.8, 4) is 5.75 Å². The van der Waals surface area contributed by atoms with Crippen LogP contribution in [-0.2, 0) is 4.79 Å². The number of hydrogen-bond donors (Lipinski definition) is 1. The van der Waals surface area contributed by atoms with E-state index in [-0.39, 0.29) is 25.4 Å². The lowest BCUT2D eigenvalue weighted by Gasteiger charge is -2.31. The average molecular weight is 351 g/mol. The highest BCUT2D eigenvalue weighted by Crippen LogP contribution is 2.37. The van der Waals surface area contributed by atoms with Gasteiger partial charge in [-0.05, 0) is 42.2 Å². The van der Waals surface area contributed by atoms with Gasteiger partial charge in [0.1, 0.15) is 5.75 Å². The van der Waals surface area contributed by atoms with Crippen LogP contribution in [0.5, 0.6) is 5.75 Å². The molecule has 1 aliphatic carbocycles. The number of carbonyl (C=O) groups excluding carboxylic acids is 1. The van der Waals surface area contributed by atoms with Crippen molar-refractivity contribution in [1.82, 2.24) is 5.32 Å². The summed E-state index contributed by atoms with van der Waals surface area (Å²) >= 11 is 0. The number of benzene rings is 2. The molecule has 25 heavy (non-hydrogen) atoms. The van der Waals surface area contributed by atoms with Gasteiger partial charge in [-0.2, -0.15) is 13.2 Å². The molecule has 2 atom stereocenters. The van der Waals surface area contributed by atoms with Gasteiger partial charge in [0.25, 0.3) is 5.91 Å². The average Bonchev–Trinajstić information content (AvgIpc) is 2.59. The number of fused-ring (bicyclic) bond motifs is 1. The van der Waals surface area contributed by atoms with Gasteiger partial charge in [0, 0.05) is 6.04 Å². The van der Waals surface area contributed by atoms with Crippen LogP contribution in [0.25, 0.3) is 10.8 Å². The summed E-state index contributed by atoms with van der Waals surface area (Å²) in [6.07, 6.45) is -3.05. The number of carbonyl (C=O) groups is 1. The Morgan fingerprint density at radius 1 is 1.12 bits per heavy atom. The van der Waals surface area contributed by atoms with E-state index >= 15 is 0 Å². The largest absolute Gasteiger partial charge is 0.484 e. The topological polar surface area (TPSA) is 38.3 Å². The van der Waals surface area contributed by atoms with Gasteiger partial charge in [0.05, 0.1) is 5.92 Å². The third kappa shape index (κ3) is 4.65. The molecule has 0 heterocycles. The Morgan fingerprint density at radius 3 is 2.64 bits per heavy atom. The van der Waals surface area contributed by atoms with Crippen LogP contribution in [0.4, 0.5) is 13.2 Å². The molecule has 0 saturated heterocycles. The van der Waals surface area contributed by atoms with Gasteiger partial charge in [0.2, 0.25) is 0 Å². The van der Waals surface area contributed by atoms with E-state index in [4.69, 9.17) is 4.74 Å². The molecule has 2 aromatic carbocycles. The van der Waals surface area contributed by atoms with Crippen LogP contribution in [0.1, 0.15) is 25.7 Å². The first-order valence-corrected chi connectivity index (χ1v) is 8.39. The fraction of sp³-hybridized carbons (Fsp3) is 0.421. The number of rotatable bonds is 4. The molecule has 3 rings (SSSR count). The SMILES string of the molecule is O=C(COc1ccc2ccccc2c1)N[C@@H]1CCC[C@H](C(F)(F)F)C1. The molecule has 0 spiro atoms. The molecule has 0 radical (unpaired) electrons. The van der Waals surface area contributed by atoms with Gasteiger partial charge in [0.15, 0.2) is 6.61 Å². The standard InChI is InChI=1S/C19H20F3NO2/c20-19(21,22)15-6-3-7-16(11-15)23-18(24)12-25-17-9-8-13-4-1-2-5-14(13)10-17/h1-2,4-5,8-10,15-16H,3,6-7,11-12H2,(H,23,24)/t15-,16+/m0/s1. The third-order valence-electron chi connectivity index (χ3n) is 4.59. The fourth-order valence-corrected chi connectivity index (χ4v) is 3.29. The zero-order valence-corrected chi connectivity index (χ0v) is 13.7. The Bertz CT molecular complexity index is 745. The Labute approximate surface area is 144 Å². The Morgan fingerprint density at radius 2 is 1.88 bits per heavy atom. The van der Waals surface area contributed by atoms with Crippen molar-refractivity contribution >= 4 is 16.7 Å². The maximum atomic E-state index is 12.8. The maximum Gasteiger partial charge on any atom is 0.391 e. The second kappa shape index (κ2) is 7.33. The van der Waals surface area contributed by atoms with Crippen LogP contribution in [-0.4, -0.2) is 24.7 Å². The fourth-order valence-electron chi connectivity index (χ4n) is 3.29. The number of halogens is 3. The van der Waals surface area contributed by atoms with E-state index in [1.807, 2.05) is 36.4 Å². The quantitative estimate of drug-likeness (QED) is 0.883. The van der Waals surface area contributed by atoms with Crippen molar-refractivity contribution in [3.63, 3.8) is 0 Å². The molecule has 0 aromatic heterocycles. The molecular formula is C19H20F3NO2. The summed E-state index contributed by atoms with van der Waals surface area (Å²) < 4.78 is 43.9. The van der Waals surface area contributed by atoms with Crippen LogP contribution in [0.15, 0.2) is 42.5 Å². The minimum atomic E-state index is -4.19. The van der Waals surface area contributed by atoms with Crippen LogP contribution >= 0.6 is 0 Å². The first kappa shape index (κ1) is 17.6. The van der Waals surface area contributed by atoms with E-state index in [1.54, 1.807) is 6.07 Å². The Balaban J connectivity index is 1.52. The van der Waals surface area contributed by atoms with Gasteiger partial charge in [-0.15, -0.1) is 0 Å². The Hall–Kier alpha value is -2.24. The lowest BCUT2D eigenvalue weighted by Crippen LogP contribution is -2.43. The summed E-state index contributed by atoms with van der Waals surface area (Å²) in [5, 5.41) is 4.73. The van der Waals surface area contributed by atoms with Gasteiger partial charge >= 0.3 is 6.18 Å². The van der Waals surface area contributed by atoms with E-state index in [0.29, 0.717) is 18.6 Å². The normalized spacial score (nSPS) is 21.1. The molecular weight excluding hydrogens is 331 g/mol. The first-order valence-electron chi connectivity index (χ1n) is 8.39. The number of ether oxygens (including phenoxy) is 1. The van der Waals surface area contributed by atoms with E-state index in [2.05, 4.69) is 5.32 Å². The molecule has 3 nitrogen and oxygen atoms in total. The molecule has 0 aliphatic heterocycles. The second-order valence-electron chi connectivity index (χ2n) is 6.47. The smallest absolute Gasteiger partial charge is 0.391 e. The summed E-state index contributed by atoms with van der Waals surface area (Å²) in [4.78, 5) is 12.0. The minimum absolute atomic E-state index is 0.0504. The lowest BCUT2D eigenvalue weighted by atomic mass is 9.85. The first-order chi connectivity index (χ1) is 11.9. The van der Waals surface area contributed by atoms with E-state index in [9.17, 15) is 18.0 Å². The number of nitrogens with one attached hydrogen (secondary N) is 1. The maximum absolute atomic E-state index is 12.8. The van der Waals surface area contributed by atoms with Gasteiger partial charge in [-0.25, -0.2) is 0 Å². The zero-order valence-electron chi connectivity index (χ0n) is 13.7. The molecule has 1 aliphatic rings. The monoisotopic (exact) mass is 351 g/mol. The summed E-state index contributed by atoms with van der Waals surface area (Å²) in [5.74, 6) is -1.15. The highest BCUT2D eigenvalue weighted by molar-refractivity contribution is 5.84. The van der Waals surface area contributed by atoms with Crippen LogP contribution < -0.4 is 10.1 Å². The molecule has 0 unspecified atom stereocenters. The van der Waals surface area contributed by atoms with Crippen molar-refractivity contribution in [2.24, 2.45) is 5.92 Å². The van der Waals surface area contributed by atoms with Gasteiger partial charge in [-0.1, -0.05) is 36.8 Å². The summed E-state index contributed by atoms with van der Waals surface area (Å²) in [5.41, 5.74) is 0. The highest BCUT2D eigenvalue weighted by Gasteiger charge is 2.42. The number of alkyl halides is 3. The van der Waals surface area contributed by atoms with E-state index < -0.39 is 18.1 Å². The molecule has 1 N–H and O–H groups in total. The third-order valence-corrected chi connectivity index (χ3v) is 4.59. The van der Waals surface area contributed by atoms with Crippen molar-refractivity contribution in [1.29, 1.82) is 0 Å². The molecule has 134 valence electrons. The second-order valence-corrected chi connectivity index (χ2v) is 6.47. The van der Waals surface area contributed by atoms with Crippen molar-refractivity contribution in [2.75, 3.05) is 6.61 Å². The molecule has 1 fully saturated rings. The van der Waals surface area contributed by atoms with E-state index in [0.717, 1.165) is 10.8 Å². The molecule has 0 bridgehead atoms. The molecule has 1 saturated carbocycles. The molecule has 6 heteroatoms. The van der Waals surface area contributed by atoms with Crippen LogP contribution in [0, 0.1) is 5.92 Å². The van der Waals surface area contributed by atoms with E-state index in [1.165, 1.54) is 0 Å². The number of hydrogen-bond acceptors (Lipinski definition) is 2.